The molecule has 0 amide bonds. The molecule has 0 aliphatic rings. The largest absolute Gasteiger partial charge is 1.00 e. The van der Waals surface area contributed by atoms with Crippen LogP contribution in [0.15, 0.2) is 6.58 Å². The van der Waals surface area contributed by atoms with E-state index in [1.165, 1.54) is 0 Å². The van der Waals surface area contributed by atoms with E-state index in [2.05, 4.69) is 13.2 Å². The maximum Gasteiger partial charge on any atom is 1.00 e. The van der Waals surface area contributed by atoms with Gasteiger partial charge in [0.15, 0.2) is 26.2 Å². The monoisotopic (exact) mass is 401 g/mol. The second-order valence-electron chi connectivity index (χ2n) is 3.55. The molecule has 0 fully saturated rings. The van der Waals surface area contributed by atoms with Crippen molar-refractivity contribution >= 4 is 23.9 Å². The van der Waals surface area contributed by atoms with Crippen LogP contribution in [0.3, 0.4) is 0 Å². The van der Waals surface area contributed by atoms with Crippen LogP contribution in [0.5, 0.6) is 0 Å². The molecule has 0 aromatic carbocycles. The zero-order valence-corrected chi connectivity index (χ0v) is 18.1. The van der Waals surface area contributed by atoms with Gasteiger partial charge in [-0.15, -0.1) is 0 Å². The Kier molecular flexibility index (Phi) is 33.7. The molecule has 0 atom stereocenters. The zero-order chi connectivity index (χ0) is 15.6. The van der Waals surface area contributed by atoms with Gasteiger partial charge in [-0.2, -0.15) is 0 Å². The fraction of sp³-hybridized carbons (Fsp3) is 0.400. The predicted octanol–water partition coefficient (Wildman–Crippen LogP) is -6.86. The van der Waals surface area contributed by atoms with E-state index in [0.29, 0.717) is 0 Å². The fourth-order valence-corrected chi connectivity index (χ4v) is 1.48. The maximum absolute atomic E-state index is 10.6. The molecule has 129 valence electrons. The van der Waals surface area contributed by atoms with Crippen molar-refractivity contribution in [3.63, 3.8) is 0 Å². The van der Waals surface area contributed by atoms with Crippen LogP contribution < -0.4 is 65.3 Å². The van der Waals surface area contributed by atoms with Gasteiger partial charge in [-0.25, -0.2) is 19.2 Å². The van der Waals surface area contributed by atoms with Gasteiger partial charge < -0.3 is 36.0 Å². The van der Waals surface area contributed by atoms with Gasteiger partial charge in [0.05, 0.1) is 0 Å². The molecule has 0 spiro atoms. The van der Waals surface area contributed by atoms with Gasteiger partial charge in [-0.3, -0.25) is 11.1 Å². The minimum atomic E-state index is -1.46. The first kappa shape index (κ1) is 38.5. The van der Waals surface area contributed by atoms with Crippen molar-refractivity contribution in [2.75, 3.05) is 26.2 Å². The van der Waals surface area contributed by atoms with Crippen molar-refractivity contribution in [2.24, 2.45) is 0 Å². The Hall–Kier alpha value is 0.0465. The van der Waals surface area contributed by atoms with Crippen LogP contribution in [0.1, 0.15) is 2.85 Å². The SMILES string of the molecule is N.O=C(O)C[N+](CC(=O)O)(CC(=O)O)CC(=O)O.[CH-]=C.[Co].[H-].[H-].[Na+].[Na+]. The molecule has 0 saturated heterocycles. The van der Waals surface area contributed by atoms with Crippen molar-refractivity contribution < 1.29 is 123 Å². The molecular formula is C10H20CoN2Na2O8. The summed E-state index contributed by atoms with van der Waals surface area (Å²) < 4.78 is -1.07. The Morgan fingerprint density at radius 3 is 0.957 bits per heavy atom. The summed E-state index contributed by atoms with van der Waals surface area (Å²) in [6.07, 6.45) is 0. The van der Waals surface area contributed by atoms with Crippen LogP contribution in [0.2, 0.25) is 0 Å². The molecule has 0 aromatic heterocycles. The number of carboxylic acid groups (broad SMARTS) is 4. The number of rotatable bonds is 8. The molecule has 0 bridgehead atoms. The van der Waals surface area contributed by atoms with E-state index < -0.39 is 54.5 Å². The van der Waals surface area contributed by atoms with Crippen LogP contribution in [0.25, 0.3) is 0 Å². The number of hydrogen-bond donors (Lipinski definition) is 5. The molecular weight excluding hydrogens is 381 g/mol. The average molecular weight is 401 g/mol. The van der Waals surface area contributed by atoms with E-state index in [9.17, 15) is 19.2 Å². The van der Waals surface area contributed by atoms with Gasteiger partial charge in [0, 0.05) is 16.8 Å². The van der Waals surface area contributed by atoms with Crippen molar-refractivity contribution in [1.82, 2.24) is 6.15 Å². The number of nitrogens with zero attached hydrogens (tertiary/aromatic N) is 1. The number of quaternary nitrogens is 1. The molecule has 7 N–H and O–H groups in total. The Bertz CT molecular complexity index is 324. The normalized spacial score (nSPS) is 8.17. The van der Waals surface area contributed by atoms with E-state index in [0.717, 1.165) is 0 Å². The Balaban J connectivity index is -0.0000000579. The molecule has 0 rings (SSSR count). The topological polar surface area (TPSA) is 184 Å². The predicted molar refractivity (Wildman–Crippen MR) is 67.4 cm³/mol. The van der Waals surface area contributed by atoms with E-state index >= 15 is 0 Å². The number of carbonyl (C=O) groups is 4. The standard InChI is InChI=1S/C8H11NO8.C2H3.Co.H3N.2Na.2H/c10-5(11)1-9(2-6(12)13,3-7(14)15)4-8(16)17;1-2;;;;;;/h1-4H2,(H3-,10,11,12,13,14,15,16,17);1H,2H2;;1H3;;;;/q;-1;;;2*+1;2*-1/p+1. The minimum absolute atomic E-state index is 0. The van der Waals surface area contributed by atoms with E-state index in [4.69, 9.17) is 20.4 Å². The fourth-order valence-electron chi connectivity index (χ4n) is 1.48. The summed E-state index contributed by atoms with van der Waals surface area (Å²) in [5.41, 5.74) is 0. The molecule has 13 heteroatoms. The summed E-state index contributed by atoms with van der Waals surface area (Å²) in [6.45, 7) is 3.46. The Morgan fingerprint density at radius 1 is 0.739 bits per heavy atom. The molecule has 23 heavy (non-hydrogen) atoms. The Morgan fingerprint density at radius 2 is 0.870 bits per heavy atom. The van der Waals surface area contributed by atoms with Gasteiger partial charge in [-0.1, -0.05) is 0 Å². The second-order valence-corrected chi connectivity index (χ2v) is 3.55. The molecule has 1 radical (unpaired) electrons. The van der Waals surface area contributed by atoms with Crippen molar-refractivity contribution in [3.05, 3.63) is 13.2 Å². The van der Waals surface area contributed by atoms with Gasteiger partial charge in [0.25, 0.3) is 0 Å². The molecule has 0 unspecified atom stereocenters. The zero-order valence-electron chi connectivity index (χ0n) is 15.0. The third-order valence-electron chi connectivity index (χ3n) is 1.88. The minimum Gasteiger partial charge on any atom is -1.00 e. The van der Waals surface area contributed by atoms with Gasteiger partial charge in [0.2, 0.25) is 0 Å². The first-order chi connectivity index (χ1) is 8.67. The van der Waals surface area contributed by atoms with Crippen LogP contribution in [0.4, 0.5) is 0 Å². The molecule has 10 nitrogen and oxygen atoms in total. The maximum atomic E-state index is 10.6. The third-order valence-corrected chi connectivity index (χ3v) is 1.88. The van der Waals surface area contributed by atoms with E-state index in [-0.39, 0.29) is 84.9 Å². The second kappa shape index (κ2) is 20.1. The number of carboxylic acids is 4. The number of aliphatic carboxylic acids is 4. The van der Waals surface area contributed by atoms with Gasteiger partial charge >= 0.3 is 83.0 Å². The van der Waals surface area contributed by atoms with Crippen LogP contribution >= 0.6 is 0 Å². The van der Waals surface area contributed by atoms with Crippen LogP contribution in [0, 0.1) is 6.58 Å². The molecule has 0 heterocycles. The van der Waals surface area contributed by atoms with Crippen LogP contribution in [-0.4, -0.2) is 75.0 Å². The quantitative estimate of drug-likeness (QED) is 0.150. The average Bonchev–Trinajstić information content (AvgIpc) is 2.14. The van der Waals surface area contributed by atoms with E-state index in [1.807, 2.05) is 0 Å². The molecule has 0 saturated carbocycles. The van der Waals surface area contributed by atoms with Crippen molar-refractivity contribution in [3.8, 4) is 0 Å². The van der Waals surface area contributed by atoms with Gasteiger partial charge in [0.1, 0.15) is 0 Å². The van der Waals surface area contributed by atoms with Crippen molar-refractivity contribution in [1.29, 1.82) is 0 Å². The smallest absolute Gasteiger partial charge is 1.00 e. The summed E-state index contributed by atoms with van der Waals surface area (Å²) in [6, 6.07) is 0. The molecule has 0 aliphatic carbocycles. The Labute approximate surface area is 190 Å². The summed E-state index contributed by atoms with van der Waals surface area (Å²) in [5, 5.41) is 34.4. The van der Waals surface area contributed by atoms with Gasteiger partial charge in [-0.05, 0) is 0 Å². The first-order valence-corrected chi connectivity index (χ1v) is 4.80. The molecule has 0 aromatic rings. The van der Waals surface area contributed by atoms with Crippen LogP contribution in [-0.2, 0) is 36.0 Å². The first-order valence-electron chi connectivity index (χ1n) is 4.80. The summed E-state index contributed by atoms with van der Waals surface area (Å²) >= 11 is 0. The number of hydrogen-bond acceptors (Lipinski definition) is 5. The third kappa shape index (κ3) is 22.0. The van der Waals surface area contributed by atoms with E-state index in [1.54, 1.807) is 0 Å². The summed E-state index contributed by atoms with van der Waals surface area (Å²) in [4.78, 5) is 42.3. The summed E-state index contributed by atoms with van der Waals surface area (Å²) in [5.74, 6) is -5.86. The van der Waals surface area contributed by atoms with Crippen molar-refractivity contribution in [2.45, 2.75) is 0 Å². The summed E-state index contributed by atoms with van der Waals surface area (Å²) in [7, 11) is 0. The molecule has 0 aliphatic heterocycles.